The Morgan fingerprint density at radius 2 is 1.86 bits per heavy atom. The molecule has 1 aliphatic heterocycles. The molecular formula is C21H23F3O5. The fraction of sp³-hybridized carbons (Fsp3) is 0.524. The first-order valence-electron chi connectivity index (χ1n) is 9.61. The number of benzene rings is 1. The second kappa shape index (κ2) is 8.57. The van der Waals surface area contributed by atoms with Crippen LogP contribution in [-0.4, -0.2) is 35.9 Å². The highest BCUT2D eigenvalue weighted by atomic mass is 19.4. The van der Waals surface area contributed by atoms with Gasteiger partial charge < -0.3 is 14.6 Å². The van der Waals surface area contributed by atoms with E-state index in [9.17, 15) is 27.9 Å². The van der Waals surface area contributed by atoms with Gasteiger partial charge in [-0.05, 0) is 36.6 Å². The van der Waals surface area contributed by atoms with Gasteiger partial charge in [0, 0.05) is 12.0 Å². The summed E-state index contributed by atoms with van der Waals surface area (Å²) in [5.74, 6) is -1.21. The Morgan fingerprint density at radius 1 is 1.21 bits per heavy atom. The lowest BCUT2D eigenvalue weighted by molar-refractivity contribution is -0.169. The zero-order chi connectivity index (χ0) is 21.1. The van der Waals surface area contributed by atoms with Gasteiger partial charge in [-0.3, -0.25) is 4.79 Å². The van der Waals surface area contributed by atoms with Gasteiger partial charge in [0.15, 0.2) is 5.60 Å². The molecule has 0 spiro atoms. The van der Waals surface area contributed by atoms with E-state index in [1.165, 1.54) is 18.2 Å². The first kappa shape index (κ1) is 21.4. The van der Waals surface area contributed by atoms with Crippen LogP contribution in [0.1, 0.15) is 49.7 Å². The van der Waals surface area contributed by atoms with Gasteiger partial charge in [-0.2, -0.15) is 13.2 Å². The molecule has 1 aromatic carbocycles. The first-order valence-corrected chi connectivity index (χ1v) is 9.61. The lowest BCUT2D eigenvalue weighted by Crippen LogP contribution is -2.40. The van der Waals surface area contributed by atoms with Gasteiger partial charge in [0.2, 0.25) is 0 Å². The molecule has 1 atom stereocenters. The SMILES string of the molecule is O=C1OC(CO)(COC(=O)C2CCCCC2)C/C1=C/c1ccc(C(F)(F)F)cc1. The van der Waals surface area contributed by atoms with Crippen molar-refractivity contribution in [1.82, 2.24) is 0 Å². The molecule has 0 bridgehead atoms. The number of carbonyl (C=O) groups is 2. The number of cyclic esters (lactones) is 1. The van der Waals surface area contributed by atoms with Gasteiger partial charge in [0.25, 0.3) is 0 Å². The van der Waals surface area contributed by atoms with Gasteiger partial charge in [0.05, 0.1) is 18.1 Å². The van der Waals surface area contributed by atoms with Crippen LogP contribution in [0, 0.1) is 5.92 Å². The van der Waals surface area contributed by atoms with E-state index >= 15 is 0 Å². The molecule has 29 heavy (non-hydrogen) atoms. The van der Waals surface area contributed by atoms with E-state index in [0.29, 0.717) is 5.56 Å². The molecule has 1 aliphatic carbocycles. The lowest BCUT2D eigenvalue weighted by Gasteiger charge is -2.26. The number of aliphatic hydroxyl groups excluding tert-OH is 1. The van der Waals surface area contributed by atoms with Crippen molar-refractivity contribution in [1.29, 1.82) is 0 Å². The third kappa shape index (κ3) is 5.18. The summed E-state index contributed by atoms with van der Waals surface area (Å²) >= 11 is 0. The molecule has 1 saturated carbocycles. The fourth-order valence-electron chi connectivity index (χ4n) is 3.67. The summed E-state index contributed by atoms with van der Waals surface area (Å²) in [6.45, 7) is -0.782. The van der Waals surface area contributed by atoms with Crippen molar-refractivity contribution in [3.05, 3.63) is 41.0 Å². The van der Waals surface area contributed by atoms with Crippen LogP contribution in [0.15, 0.2) is 29.8 Å². The Bertz CT molecular complexity index is 779. The van der Waals surface area contributed by atoms with Crippen molar-refractivity contribution in [2.24, 2.45) is 5.92 Å². The number of esters is 2. The monoisotopic (exact) mass is 412 g/mol. The van der Waals surface area contributed by atoms with E-state index < -0.39 is 29.9 Å². The zero-order valence-corrected chi connectivity index (χ0v) is 15.8. The van der Waals surface area contributed by atoms with Crippen LogP contribution >= 0.6 is 0 Å². The standard InChI is InChI=1S/C21H23F3O5/c22-21(23,24)17-8-6-14(7-9-17)10-16-11-20(12-25,29-19(16)27)13-28-18(26)15-4-2-1-3-5-15/h6-10,15,25H,1-5,11-13H2/b16-10-. The smallest absolute Gasteiger partial charge is 0.416 e. The number of carbonyl (C=O) groups excluding carboxylic acids is 2. The minimum Gasteiger partial charge on any atom is -0.461 e. The summed E-state index contributed by atoms with van der Waals surface area (Å²) in [5.41, 5.74) is -1.54. The number of alkyl halides is 3. The minimum absolute atomic E-state index is 0.00129. The summed E-state index contributed by atoms with van der Waals surface area (Å²) < 4.78 is 48.6. The Hall–Kier alpha value is -2.35. The van der Waals surface area contributed by atoms with Crippen molar-refractivity contribution in [2.75, 3.05) is 13.2 Å². The molecule has 1 heterocycles. The van der Waals surface area contributed by atoms with Gasteiger partial charge in [-0.1, -0.05) is 31.4 Å². The van der Waals surface area contributed by atoms with Crippen molar-refractivity contribution in [3.63, 3.8) is 0 Å². The number of rotatable bonds is 5. The molecule has 0 amide bonds. The average Bonchev–Trinajstić information content (AvgIpc) is 3.02. The van der Waals surface area contributed by atoms with Gasteiger partial charge >= 0.3 is 18.1 Å². The maximum absolute atomic E-state index is 12.7. The fourth-order valence-corrected chi connectivity index (χ4v) is 3.67. The molecule has 0 aromatic heterocycles. The van der Waals surface area contributed by atoms with E-state index in [-0.39, 0.29) is 30.5 Å². The van der Waals surface area contributed by atoms with Crippen LogP contribution in [0.3, 0.4) is 0 Å². The van der Waals surface area contributed by atoms with E-state index in [4.69, 9.17) is 9.47 Å². The molecule has 8 heteroatoms. The van der Waals surface area contributed by atoms with E-state index in [1.807, 2.05) is 0 Å². The first-order chi connectivity index (χ1) is 13.7. The predicted molar refractivity (Wildman–Crippen MR) is 97.5 cm³/mol. The summed E-state index contributed by atoms with van der Waals surface area (Å²) in [6.07, 6.45) is 1.56. The number of hydrogen-bond acceptors (Lipinski definition) is 5. The van der Waals surface area contributed by atoms with Crippen molar-refractivity contribution in [3.8, 4) is 0 Å². The Balaban J connectivity index is 1.66. The van der Waals surface area contributed by atoms with Crippen LogP contribution in [0.2, 0.25) is 0 Å². The highest BCUT2D eigenvalue weighted by molar-refractivity contribution is 5.96. The maximum atomic E-state index is 12.7. The highest BCUT2D eigenvalue weighted by Crippen LogP contribution is 2.34. The third-order valence-corrected chi connectivity index (χ3v) is 5.37. The summed E-state index contributed by atoms with van der Waals surface area (Å²) in [7, 11) is 0. The normalized spacial score (nSPS) is 24.6. The van der Waals surface area contributed by atoms with Crippen molar-refractivity contribution < 1.29 is 37.3 Å². The maximum Gasteiger partial charge on any atom is 0.416 e. The van der Waals surface area contributed by atoms with Crippen molar-refractivity contribution in [2.45, 2.75) is 50.3 Å². The largest absolute Gasteiger partial charge is 0.461 e. The molecular weight excluding hydrogens is 389 g/mol. The number of halogens is 3. The highest BCUT2D eigenvalue weighted by Gasteiger charge is 2.45. The zero-order valence-electron chi connectivity index (χ0n) is 15.8. The van der Waals surface area contributed by atoms with E-state index in [1.54, 1.807) is 0 Å². The average molecular weight is 412 g/mol. The van der Waals surface area contributed by atoms with Crippen LogP contribution in [0.25, 0.3) is 6.08 Å². The minimum atomic E-state index is -4.44. The summed E-state index contributed by atoms with van der Waals surface area (Å²) in [6, 6.07) is 4.37. The van der Waals surface area contributed by atoms with E-state index in [0.717, 1.165) is 44.2 Å². The van der Waals surface area contributed by atoms with Crippen molar-refractivity contribution >= 4 is 18.0 Å². The molecule has 158 valence electrons. The van der Waals surface area contributed by atoms with Crippen LogP contribution in [0.4, 0.5) is 13.2 Å². The Labute approximate surface area is 166 Å². The molecule has 1 aromatic rings. The number of hydrogen-bond donors (Lipinski definition) is 1. The second-order valence-electron chi connectivity index (χ2n) is 7.64. The number of ether oxygens (including phenoxy) is 2. The predicted octanol–water partition coefficient (Wildman–Crippen LogP) is 3.89. The molecule has 3 rings (SSSR count). The Kier molecular flexibility index (Phi) is 6.31. The summed E-state index contributed by atoms with van der Waals surface area (Å²) in [4.78, 5) is 24.4. The summed E-state index contributed by atoms with van der Waals surface area (Å²) in [5, 5.41) is 9.75. The van der Waals surface area contributed by atoms with Crippen LogP contribution < -0.4 is 0 Å². The molecule has 5 nitrogen and oxygen atoms in total. The van der Waals surface area contributed by atoms with Crippen LogP contribution in [0.5, 0.6) is 0 Å². The van der Waals surface area contributed by atoms with Gasteiger partial charge in [-0.25, -0.2) is 4.79 Å². The molecule has 0 radical (unpaired) electrons. The topological polar surface area (TPSA) is 72.8 Å². The molecule has 1 saturated heterocycles. The second-order valence-corrected chi connectivity index (χ2v) is 7.64. The molecule has 1 N–H and O–H groups in total. The van der Waals surface area contributed by atoms with E-state index in [2.05, 4.69) is 0 Å². The molecule has 1 unspecified atom stereocenters. The lowest BCUT2D eigenvalue weighted by atomic mass is 9.89. The Morgan fingerprint density at radius 3 is 2.45 bits per heavy atom. The molecule has 2 fully saturated rings. The number of aliphatic hydroxyl groups is 1. The quantitative estimate of drug-likeness (QED) is 0.587. The van der Waals surface area contributed by atoms with Crippen LogP contribution in [-0.2, 0) is 25.2 Å². The van der Waals surface area contributed by atoms with Gasteiger partial charge in [-0.15, -0.1) is 0 Å². The third-order valence-electron chi connectivity index (χ3n) is 5.37. The van der Waals surface area contributed by atoms with Gasteiger partial charge in [0.1, 0.15) is 6.61 Å². The molecule has 2 aliphatic rings.